The summed E-state index contributed by atoms with van der Waals surface area (Å²) in [5.41, 5.74) is 1.72. The summed E-state index contributed by atoms with van der Waals surface area (Å²) in [7, 11) is 0. The van der Waals surface area contributed by atoms with Crippen LogP contribution in [-0.2, 0) is 0 Å². The smallest absolute Gasteiger partial charge is 0.473 e. The Labute approximate surface area is 200 Å². The molecule has 2 N–H and O–H groups in total. The monoisotopic (exact) mass is 581 g/mol. The average Bonchev–Trinajstić information content (AvgIpc) is 3.16. The average molecular weight is 581 g/mol. The topological polar surface area (TPSA) is 100 Å². The molecule has 4 aromatic rings. The van der Waals surface area contributed by atoms with Gasteiger partial charge < -0.3 is 10.2 Å². The minimum Gasteiger partial charge on any atom is -0.473 e. The van der Waals surface area contributed by atoms with Crippen LogP contribution in [0.2, 0.25) is 0 Å². The minimum absolute atomic E-state index is 0. The van der Waals surface area contributed by atoms with Crippen molar-refractivity contribution >= 4 is 77.2 Å². The third-order valence-electron chi connectivity index (χ3n) is 2.90. The molecule has 2 heterocycles. The number of benzene rings is 2. The molecule has 11 heteroatoms. The van der Waals surface area contributed by atoms with Crippen molar-refractivity contribution in [2.24, 2.45) is 0 Å². The molecule has 27 heavy (non-hydrogen) atoms. The normalized spacial score (nSPS) is 10.1. The Balaban J connectivity index is 0.000000187. The van der Waals surface area contributed by atoms with Gasteiger partial charge in [-0.3, -0.25) is 0 Å². The number of para-hydroxylation sites is 2. The molecule has 0 unspecified atom stereocenters. The zero-order chi connectivity index (χ0) is 18.5. The van der Waals surface area contributed by atoms with Crippen molar-refractivity contribution in [1.82, 2.24) is 9.97 Å². The maximum atomic E-state index is 10.4. The number of rotatable bonds is 2. The second kappa shape index (κ2) is 10.6. The Morgan fingerprint density at radius 3 is 1.44 bits per heavy atom. The summed E-state index contributed by atoms with van der Waals surface area (Å²) in [5.74, 6) is 0. The van der Waals surface area contributed by atoms with E-state index >= 15 is 0 Å². The molecule has 0 saturated carbocycles. The van der Waals surface area contributed by atoms with Gasteiger partial charge in [-0.2, -0.15) is 0 Å². The van der Waals surface area contributed by atoms with Gasteiger partial charge >= 0.3 is 49.2 Å². The molecule has 0 aliphatic carbocycles. The number of aromatic nitrogens is 2. The van der Waals surface area contributed by atoms with Crippen molar-refractivity contribution in [3.63, 3.8) is 0 Å². The Morgan fingerprint density at radius 2 is 1.11 bits per heavy atom. The van der Waals surface area contributed by atoms with Crippen molar-refractivity contribution in [3.8, 4) is 0 Å². The van der Waals surface area contributed by atoms with Crippen LogP contribution < -0.4 is 0 Å². The summed E-state index contributed by atoms with van der Waals surface area (Å²) in [6.07, 6.45) is 0. The number of hydrogen-bond donors (Lipinski definition) is 2. The Morgan fingerprint density at radius 1 is 0.741 bits per heavy atom. The van der Waals surface area contributed by atoms with E-state index < -0.39 is 10.6 Å². The molecule has 0 atom stereocenters. The molecule has 6 nitrogen and oxygen atoms in total. The van der Waals surface area contributed by atoms with E-state index in [4.69, 9.17) is 10.2 Å². The first kappa shape index (κ1) is 22.4. The summed E-state index contributed by atoms with van der Waals surface area (Å²) < 4.78 is 3.19. The molecule has 0 aliphatic rings. The van der Waals surface area contributed by atoms with E-state index in [1.165, 1.54) is 22.7 Å². The standard InChI is InChI=1S/2C8H5NO2S2.Tb/c2*10-8(11)13-7-9-5-3-1-2-4-6(5)12-7;/h2*1-4H,(H,10,11);/q;;+3. The zero-order valence-corrected chi connectivity index (χ0v) is 18.6. The van der Waals surface area contributed by atoms with Crippen molar-refractivity contribution in [2.75, 3.05) is 0 Å². The van der Waals surface area contributed by atoms with Crippen molar-refractivity contribution < 1.29 is 58.4 Å². The van der Waals surface area contributed by atoms with Crippen LogP contribution in [0.5, 0.6) is 0 Å². The number of hydrogen-bond acceptors (Lipinski definition) is 8. The fourth-order valence-electron chi connectivity index (χ4n) is 1.94. The van der Waals surface area contributed by atoms with Crippen LogP contribution in [0, 0.1) is 38.6 Å². The van der Waals surface area contributed by atoms with Crippen LogP contribution >= 0.6 is 46.2 Å². The Kier molecular flexibility index (Phi) is 8.83. The van der Waals surface area contributed by atoms with Crippen LogP contribution in [0.4, 0.5) is 9.59 Å². The molecule has 0 spiro atoms. The number of thiazole rings is 2. The third kappa shape index (κ3) is 6.61. The summed E-state index contributed by atoms with van der Waals surface area (Å²) >= 11 is 4.29. The maximum absolute atomic E-state index is 10.4. The minimum atomic E-state index is -0.918. The summed E-state index contributed by atoms with van der Waals surface area (Å²) in [4.78, 5) is 29.1. The fraction of sp³-hybridized carbons (Fsp3) is 0. The van der Waals surface area contributed by atoms with Gasteiger partial charge in [0.05, 0.1) is 20.4 Å². The van der Waals surface area contributed by atoms with Gasteiger partial charge in [0.1, 0.15) is 0 Å². The van der Waals surface area contributed by atoms with E-state index in [0.29, 0.717) is 8.68 Å². The summed E-state index contributed by atoms with van der Waals surface area (Å²) in [6.45, 7) is 0. The van der Waals surface area contributed by atoms with Gasteiger partial charge in [0.2, 0.25) is 0 Å². The number of fused-ring (bicyclic) bond motifs is 2. The largest absolute Gasteiger partial charge is 3.00 e. The molecule has 0 fully saturated rings. The van der Waals surface area contributed by atoms with Crippen LogP contribution in [-0.4, -0.2) is 30.8 Å². The number of carbonyl (C=O) groups is 2. The molecule has 138 valence electrons. The third-order valence-corrected chi connectivity index (χ3v) is 6.44. The van der Waals surface area contributed by atoms with E-state index in [1.54, 1.807) is 0 Å². The van der Waals surface area contributed by atoms with Gasteiger partial charge in [0, 0.05) is 23.5 Å². The molecular formula is C16H10N2O4S4Tb+3. The molecule has 0 radical (unpaired) electrons. The first-order valence-electron chi connectivity index (χ1n) is 7.04. The Hall–Kier alpha value is -0.854. The molecule has 2 aromatic heterocycles. The maximum Gasteiger partial charge on any atom is 3.00 e. The number of nitrogens with zero attached hydrogens (tertiary/aromatic N) is 2. The van der Waals surface area contributed by atoms with Gasteiger partial charge in [0.25, 0.3) is 0 Å². The number of thioether (sulfide) groups is 2. The van der Waals surface area contributed by atoms with E-state index in [1.807, 2.05) is 48.5 Å². The molecule has 0 amide bonds. The summed E-state index contributed by atoms with van der Waals surface area (Å²) in [6, 6.07) is 15.2. The van der Waals surface area contributed by atoms with E-state index in [9.17, 15) is 9.59 Å². The molecule has 0 saturated heterocycles. The van der Waals surface area contributed by atoms with Crippen molar-refractivity contribution in [3.05, 3.63) is 48.5 Å². The fourth-order valence-corrected chi connectivity index (χ4v) is 5.22. The molecular weight excluding hydrogens is 571 g/mol. The van der Waals surface area contributed by atoms with Crippen molar-refractivity contribution in [1.29, 1.82) is 0 Å². The molecule has 0 bridgehead atoms. The number of carboxylic acid groups (broad SMARTS) is 2. The van der Waals surface area contributed by atoms with Gasteiger partial charge in [-0.1, -0.05) is 24.3 Å². The van der Waals surface area contributed by atoms with Crippen LogP contribution in [0.25, 0.3) is 20.4 Å². The van der Waals surface area contributed by atoms with Crippen molar-refractivity contribution in [2.45, 2.75) is 8.68 Å². The van der Waals surface area contributed by atoms with Gasteiger partial charge in [-0.15, -0.1) is 22.7 Å². The first-order valence-corrected chi connectivity index (χ1v) is 10.3. The SMILES string of the molecule is O=C(O)Sc1nc2ccccc2s1.O=C(O)Sc1nc2ccccc2s1.[Tb+3]. The van der Waals surface area contributed by atoms with Gasteiger partial charge in [-0.05, 0) is 24.3 Å². The van der Waals surface area contributed by atoms with E-state index in [-0.39, 0.29) is 38.6 Å². The van der Waals surface area contributed by atoms with Crippen LogP contribution in [0.1, 0.15) is 0 Å². The Bertz CT molecular complexity index is 930. The second-order valence-electron chi connectivity index (χ2n) is 4.63. The summed E-state index contributed by atoms with van der Waals surface area (Å²) in [5, 5.41) is 15.2. The van der Waals surface area contributed by atoms with Gasteiger partial charge in [-0.25, -0.2) is 19.6 Å². The molecule has 2 aromatic carbocycles. The van der Waals surface area contributed by atoms with E-state index in [2.05, 4.69) is 9.97 Å². The van der Waals surface area contributed by atoms with E-state index in [0.717, 1.165) is 44.0 Å². The second-order valence-corrected chi connectivity index (χ2v) is 9.09. The van der Waals surface area contributed by atoms with Crippen LogP contribution in [0.3, 0.4) is 0 Å². The predicted octanol–water partition coefficient (Wildman–Crippen LogP) is 6.13. The van der Waals surface area contributed by atoms with Gasteiger partial charge in [0.15, 0.2) is 8.68 Å². The molecule has 4 rings (SSSR count). The zero-order valence-electron chi connectivity index (χ0n) is 13.2. The first-order chi connectivity index (χ1) is 12.5. The quantitative estimate of drug-likeness (QED) is 0.273. The predicted molar refractivity (Wildman–Crippen MR) is 107 cm³/mol. The molecule has 0 aliphatic heterocycles. The van der Waals surface area contributed by atoms with Crippen LogP contribution in [0.15, 0.2) is 57.2 Å².